The summed E-state index contributed by atoms with van der Waals surface area (Å²) in [5.74, 6) is 2.55. The second-order valence-electron chi connectivity index (χ2n) is 6.19. The van der Waals surface area contributed by atoms with Crippen molar-refractivity contribution in [2.75, 3.05) is 0 Å². The molecule has 1 fully saturated rings. The van der Waals surface area contributed by atoms with Gasteiger partial charge < -0.3 is 9.84 Å². The third-order valence-corrected chi connectivity index (χ3v) is 4.73. The van der Waals surface area contributed by atoms with Gasteiger partial charge in [0.1, 0.15) is 11.7 Å². The molecule has 5 nitrogen and oxygen atoms in total. The summed E-state index contributed by atoms with van der Waals surface area (Å²) in [6.45, 7) is 2.13. The van der Waals surface area contributed by atoms with Gasteiger partial charge in [-0.3, -0.25) is 4.79 Å². The van der Waals surface area contributed by atoms with Gasteiger partial charge in [0, 0.05) is 29.7 Å². The van der Waals surface area contributed by atoms with Crippen molar-refractivity contribution in [2.45, 2.75) is 51.9 Å². The van der Waals surface area contributed by atoms with Gasteiger partial charge in [-0.15, -0.1) is 0 Å². The Morgan fingerprint density at radius 3 is 2.65 bits per heavy atom. The molecule has 5 heteroatoms. The Kier molecular flexibility index (Phi) is 5.97. The molecule has 3 atom stereocenters. The van der Waals surface area contributed by atoms with Gasteiger partial charge in [0.25, 0.3) is 0 Å². The monoisotopic (exact) mass is 318 g/mol. The quantitative estimate of drug-likeness (QED) is 0.576. The Labute approximate surface area is 135 Å². The van der Waals surface area contributed by atoms with E-state index in [0.29, 0.717) is 17.8 Å². The van der Waals surface area contributed by atoms with Crippen molar-refractivity contribution in [3.8, 4) is 0 Å². The molecule has 0 bridgehead atoms. The zero-order chi connectivity index (χ0) is 16.8. The van der Waals surface area contributed by atoms with E-state index in [1.807, 2.05) is 5.94 Å². The van der Waals surface area contributed by atoms with Crippen LogP contribution in [0.25, 0.3) is 0 Å². The minimum Gasteiger partial charge on any atom is -0.481 e. The molecule has 1 saturated heterocycles. The topological polar surface area (TPSA) is 80.7 Å². The Morgan fingerprint density at radius 2 is 2.04 bits per heavy atom. The SMILES string of the molecule is CCCCCCC1C(=C=O)CC=C2OC(=C=O)C(CC(=O)O)C21. The van der Waals surface area contributed by atoms with Gasteiger partial charge in [-0.05, 0) is 12.5 Å². The van der Waals surface area contributed by atoms with E-state index in [1.54, 1.807) is 12.0 Å². The van der Waals surface area contributed by atoms with E-state index >= 15 is 0 Å². The average molecular weight is 318 g/mol. The molecule has 0 aromatic heterocycles. The van der Waals surface area contributed by atoms with Crippen LogP contribution in [0.1, 0.15) is 51.9 Å². The minimum atomic E-state index is -0.987. The van der Waals surface area contributed by atoms with Crippen LogP contribution < -0.4 is 0 Å². The van der Waals surface area contributed by atoms with Gasteiger partial charge >= 0.3 is 5.97 Å². The lowest BCUT2D eigenvalue weighted by Gasteiger charge is -2.30. The van der Waals surface area contributed by atoms with Gasteiger partial charge in [-0.1, -0.05) is 32.6 Å². The average Bonchev–Trinajstić information content (AvgIpc) is 2.88. The van der Waals surface area contributed by atoms with Crippen LogP contribution in [0, 0.1) is 17.8 Å². The molecule has 3 unspecified atom stereocenters. The standard InChI is InChI=1S/C18H22O5/c1-2-3-4-5-6-13-12(10-19)7-8-15-18(13)14(9-17(21)22)16(11-20)23-15/h8,13-14,18H,2-7,9H2,1H3,(H,21,22). The number of hydrogen-bond donors (Lipinski definition) is 1. The van der Waals surface area contributed by atoms with Crippen LogP contribution in [0.3, 0.4) is 0 Å². The second-order valence-corrected chi connectivity index (χ2v) is 6.19. The molecule has 1 N–H and O–H groups in total. The molecule has 2 aliphatic rings. The second kappa shape index (κ2) is 7.96. The number of ether oxygens (including phenoxy) is 1. The van der Waals surface area contributed by atoms with Gasteiger partial charge in [0.05, 0.1) is 6.42 Å². The fourth-order valence-electron chi connectivity index (χ4n) is 3.63. The van der Waals surface area contributed by atoms with Crippen molar-refractivity contribution in [3.63, 3.8) is 0 Å². The molecule has 1 aliphatic carbocycles. The molecule has 1 aliphatic heterocycles. The zero-order valence-electron chi connectivity index (χ0n) is 13.3. The lowest BCUT2D eigenvalue weighted by Crippen LogP contribution is -2.27. The van der Waals surface area contributed by atoms with Crippen LogP contribution >= 0.6 is 0 Å². The molecule has 0 aromatic carbocycles. The third kappa shape index (κ3) is 3.82. The summed E-state index contributed by atoms with van der Waals surface area (Å²) < 4.78 is 5.53. The van der Waals surface area contributed by atoms with Gasteiger partial charge in [-0.2, -0.15) is 0 Å². The number of fused-ring (bicyclic) bond motifs is 1. The van der Waals surface area contributed by atoms with Crippen molar-refractivity contribution < 1.29 is 24.2 Å². The first-order valence-corrected chi connectivity index (χ1v) is 8.20. The Hall–Kier alpha value is -2.09. The van der Waals surface area contributed by atoms with Crippen molar-refractivity contribution in [1.82, 2.24) is 0 Å². The molecule has 23 heavy (non-hydrogen) atoms. The molecule has 0 spiro atoms. The summed E-state index contributed by atoms with van der Waals surface area (Å²) >= 11 is 0. The predicted octanol–water partition coefficient (Wildman–Crippen LogP) is 3.07. The third-order valence-electron chi connectivity index (χ3n) is 4.73. The van der Waals surface area contributed by atoms with E-state index in [0.717, 1.165) is 32.1 Å². The van der Waals surface area contributed by atoms with Crippen molar-refractivity contribution in [1.29, 1.82) is 0 Å². The molecule has 0 aromatic rings. The Morgan fingerprint density at radius 1 is 1.26 bits per heavy atom. The maximum absolute atomic E-state index is 11.3. The number of hydrogen-bond acceptors (Lipinski definition) is 4. The lowest BCUT2D eigenvalue weighted by molar-refractivity contribution is -0.138. The van der Waals surface area contributed by atoms with Crippen molar-refractivity contribution >= 4 is 17.9 Å². The smallest absolute Gasteiger partial charge is 0.304 e. The van der Waals surface area contributed by atoms with E-state index in [4.69, 9.17) is 9.84 Å². The Balaban J connectivity index is 2.26. The number of rotatable bonds is 7. The minimum absolute atomic E-state index is 0.0503. The first-order valence-electron chi connectivity index (χ1n) is 8.20. The zero-order valence-corrected chi connectivity index (χ0v) is 13.3. The van der Waals surface area contributed by atoms with Crippen LogP contribution in [0.5, 0.6) is 0 Å². The summed E-state index contributed by atoms with van der Waals surface area (Å²) in [4.78, 5) is 33.5. The van der Waals surface area contributed by atoms with Crippen molar-refractivity contribution in [2.24, 2.45) is 17.8 Å². The van der Waals surface area contributed by atoms with E-state index in [9.17, 15) is 14.4 Å². The summed E-state index contributed by atoms with van der Waals surface area (Å²) in [6.07, 6.45) is 7.13. The summed E-state index contributed by atoms with van der Waals surface area (Å²) in [5, 5.41) is 9.13. The van der Waals surface area contributed by atoms with E-state index < -0.39 is 11.9 Å². The van der Waals surface area contributed by atoms with Crippen LogP contribution in [-0.4, -0.2) is 23.0 Å². The van der Waals surface area contributed by atoms with Crippen molar-refractivity contribution in [3.05, 3.63) is 23.2 Å². The normalized spacial score (nSPS) is 26.0. The molecule has 0 radical (unpaired) electrons. The van der Waals surface area contributed by atoms with E-state index in [-0.39, 0.29) is 24.0 Å². The molecule has 0 amide bonds. The van der Waals surface area contributed by atoms with Crippen LogP contribution in [0.4, 0.5) is 0 Å². The maximum Gasteiger partial charge on any atom is 0.304 e. The number of unbranched alkanes of at least 4 members (excludes halogenated alkanes) is 3. The fourth-order valence-corrected chi connectivity index (χ4v) is 3.63. The predicted molar refractivity (Wildman–Crippen MR) is 83.7 cm³/mol. The highest BCUT2D eigenvalue weighted by Crippen LogP contribution is 2.50. The van der Waals surface area contributed by atoms with E-state index in [1.165, 1.54) is 0 Å². The molecule has 124 valence electrons. The molecular weight excluding hydrogens is 296 g/mol. The lowest BCUT2D eigenvalue weighted by atomic mass is 9.70. The van der Waals surface area contributed by atoms with Gasteiger partial charge in [0.15, 0.2) is 11.7 Å². The number of carboxylic acids is 1. The van der Waals surface area contributed by atoms with Crippen LogP contribution in [-0.2, 0) is 19.1 Å². The fraction of sp³-hybridized carbons (Fsp3) is 0.611. The van der Waals surface area contributed by atoms with Crippen LogP contribution in [0.15, 0.2) is 23.2 Å². The largest absolute Gasteiger partial charge is 0.481 e. The first kappa shape index (κ1) is 17.3. The highest BCUT2D eigenvalue weighted by molar-refractivity contribution is 5.69. The molecule has 0 saturated carbocycles. The number of carbonyl (C=O) groups excluding carboxylic acids is 2. The maximum atomic E-state index is 11.3. The summed E-state index contributed by atoms with van der Waals surface area (Å²) in [6, 6.07) is 0. The Bertz CT molecular complexity index is 591. The number of carboxylic acid groups (broad SMARTS) is 1. The molecule has 2 rings (SSSR count). The number of aliphatic carboxylic acids is 1. The number of allylic oxidation sites excluding steroid dienone is 4. The highest BCUT2D eigenvalue weighted by Gasteiger charge is 2.47. The molecule has 1 heterocycles. The summed E-state index contributed by atoms with van der Waals surface area (Å²) in [5.41, 5.74) is 0.654. The van der Waals surface area contributed by atoms with Gasteiger partial charge in [0.2, 0.25) is 0 Å². The summed E-state index contributed by atoms with van der Waals surface area (Å²) in [7, 11) is 0. The van der Waals surface area contributed by atoms with Crippen LogP contribution in [0.2, 0.25) is 0 Å². The number of carbonyl (C=O) groups is 1. The first-order chi connectivity index (χ1) is 11.1. The van der Waals surface area contributed by atoms with E-state index in [2.05, 4.69) is 6.92 Å². The molecular formula is C18H22O5. The highest BCUT2D eigenvalue weighted by atomic mass is 16.5. The van der Waals surface area contributed by atoms with Gasteiger partial charge in [-0.25, -0.2) is 9.59 Å².